The fraction of sp³-hybridized carbons (Fsp3) is 0.0909. The number of alkyl halides is 2. The van der Waals surface area contributed by atoms with Crippen molar-refractivity contribution >= 4 is 24.0 Å². The van der Waals surface area contributed by atoms with Gasteiger partial charge in [-0.2, -0.15) is 8.78 Å². The second-order valence-corrected chi connectivity index (χ2v) is 3.34. The van der Waals surface area contributed by atoms with E-state index < -0.39 is 34.5 Å². The van der Waals surface area contributed by atoms with Crippen molar-refractivity contribution in [2.75, 3.05) is 0 Å². The Morgan fingerprint density at radius 3 is 2.55 bits per heavy atom. The molecule has 0 atom stereocenters. The molecule has 9 heteroatoms. The molecule has 0 radical (unpaired) electrons. The third kappa shape index (κ3) is 3.57. The first-order valence-corrected chi connectivity index (χ1v) is 4.99. The van der Waals surface area contributed by atoms with E-state index in [1.807, 2.05) is 0 Å². The van der Waals surface area contributed by atoms with E-state index in [-0.39, 0.29) is 11.8 Å². The van der Waals surface area contributed by atoms with Gasteiger partial charge in [-0.3, -0.25) is 14.9 Å². The fourth-order valence-corrected chi connectivity index (χ4v) is 1.42. The molecule has 0 heterocycles. The minimum Gasteiger partial charge on any atom is -0.478 e. The summed E-state index contributed by atoms with van der Waals surface area (Å²) >= 11 is 0. The van der Waals surface area contributed by atoms with E-state index in [0.717, 1.165) is 12.1 Å². The predicted octanol–water partition coefficient (Wildman–Crippen LogP) is 2.11. The number of halogens is 2. The Morgan fingerprint density at radius 1 is 1.45 bits per heavy atom. The van der Waals surface area contributed by atoms with Gasteiger partial charge in [-0.25, -0.2) is 4.79 Å². The standard InChI is InChI=1S/C11H7F2NO6/c12-11(13)20-8-3-1-6(5-15)10(14(18)19)7(8)2-4-9(16)17/h1-5,11H,(H,16,17)/b4-2+. The Labute approximate surface area is 110 Å². The van der Waals surface area contributed by atoms with Crippen molar-refractivity contribution < 1.29 is 33.1 Å². The molecule has 106 valence electrons. The topological polar surface area (TPSA) is 107 Å². The fourth-order valence-electron chi connectivity index (χ4n) is 1.42. The first-order chi connectivity index (χ1) is 9.36. The smallest absolute Gasteiger partial charge is 0.387 e. The van der Waals surface area contributed by atoms with Gasteiger partial charge in [0.1, 0.15) is 5.75 Å². The average Bonchev–Trinajstić information content (AvgIpc) is 2.35. The second-order valence-electron chi connectivity index (χ2n) is 3.34. The molecule has 0 aliphatic rings. The van der Waals surface area contributed by atoms with Crippen molar-refractivity contribution in [1.29, 1.82) is 0 Å². The number of hydrogen-bond donors (Lipinski definition) is 1. The average molecular weight is 287 g/mol. The number of nitro benzene ring substituents is 1. The molecule has 1 aromatic rings. The van der Waals surface area contributed by atoms with Crippen LogP contribution in [0.5, 0.6) is 5.75 Å². The molecule has 0 bridgehead atoms. The number of carboxylic acids is 1. The lowest BCUT2D eigenvalue weighted by Gasteiger charge is -2.09. The van der Waals surface area contributed by atoms with Gasteiger partial charge in [0.05, 0.1) is 16.1 Å². The van der Waals surface area contributed by atoms with Crippen LogP contribution in [-0.2, 0) is 4.79 Å². The lowest BCUT2D eigenvalue weighted by Crippen LogP contribution is -2.06. The van der Waals surface area contributed by atoms with Gasteiger partial charge in [-0.05, 0) is 18.2 Å². The molecule has 0 saturated carbocycles. The first kappa shape index (κ1) is 15.2. The number of carboxylic acid groups (broad SMARTS) is 1. The predicted molar refractivity (Wildman–Crippen MR) is 61.8 cm³/mol. The van der Waals surface area contributed by atoms with Gasteiger partial charge in [0.2, 0.25) is 0 Å². The summed E-state index contributed by atoms with van der Waals surface area (Å²) in [7, 11) is 0. The number of rotatable bonds is 6. The highest BCUT2D eigenvalue weighted by atomic mass is 19.3. The van der Waals surface area contributed by atoms with E-state index in [4.69, 9.17) is 5.11 Å². The van der Waals surface area contributed by atoms with E-state index in [1.165, 1.54) is 0 Å². The van der Waals surface area contributed by atoms with Gasteiger partial charge >= 0.3 is 12.6 Å². The molecule has 0 unspecified atom stereocenters. The summed E-state index contributed by atoms with van der Waals surface area (Å²) in [6, 6.07) is 1.85. The molecule has 1 rings (SSSR count). The normalized spacial score (nSPS) is 10.8. The van der Waals surface area contributed by atoms with Crippen molar-refractivity contribution in [2.45, 2.75) is 6.61 Å². The number of nitrogens with zero attached hydrogens (tertiary/aromatic N) is 1. The molecule has 20 heavy (non-hydrogen) atoms. The Balaban J connectivity index is 3.53. The van der Waals surface area contributed by atoms with Gasteiger partial charge < -0.3 is 9.84 Å². The van der Waals surface area contributed by atoms with Gasteiger partial charge in [0.25, 0.3) is 5.69 Å². The summed E-state index contributed by atoms with van der Waals surface area (Å²) < 4.78 is 28.5. The summed E-state index contributed by atoms with van der Waals surface area (Å²) in [5, 5.41) is 19.4. The van der Waals surface area contributed by atoms with Gasteiger partial charge in [-0.1, -0.05) is 0 Å². The molecule has 1 aromatic carbocycles. The van der Waals surface area contributed by atoms with Gasteiger partial charge in [-0.15, -0.1) is 0 Å². The van der Waals surface area contributed by atoms with E-state index in [9.17, 15) is 28.5 Å². The van der Waals surface area contributed by atoms with Crippen LogP contribution in [0, 0.1) is 10.1 Å². The van der Waals surface area contributed by atoms with Crippen molar-refractivity contribution in [2.24, 2.45) is 0 Å². The number of nitro groups is 1. The minimum atomic E-state index is -3.26. The number of carbonyl (C=O) groups excluding carboxylic acids is 1. The molecule has 0 spiro atoms. The molecule has 0 amide bonds. The second kappa shape index (κ2) is 6.36. The largest absolute Gasteiger partial charge is 0.478 e. The van der Waals surface area contributed by atoms with Crippen LogP contribution in [0.1, 0.15) is 15.9 Å². The molecule has 0 aliphatic carbocycles. The highest BCUT2D eigenvalue weighted by Gasteiger charge is 2.23. The maximum Gasteiger partial charge on any atom is 0.387 e. The van der Waals surface area contributed by atoms with Crippen LogP contribution < -0.4 is 4.74 Å². The van der Waals surface area contributed by atoms with Crippen molar-refractivity contribution in [3.63, 3.8) is 0 Å². The van der Waals surface area contributed by atoms with Crippen LogP contribution >= 0.6 is 0 Å². The van der Waals surface area contributed by atoms with Crippen molar-refractivity contribution in [1.82, 2.24) is 0 Å². The lowest BCUT2D eigenvalue weighted by molar-refractivity contribution is -0.385. The quantitative estimate of drug-likeness (QED) is 0.371. The molecule has 1 N–H and O–H groups in total. The number of aliphatic carboxylic acids is 1. The maximum absolute atomic E-state index is 12.2. The zero-order chi connectivity index (χ0) is 15.3. The van der Waals surface area contributed by atoms with Crippen LogP contribution in [0.15, 0.2) is 18.2 Å². The number of carbonyl (C=O) groups is 2. The first-order valence-electron chi connectivity index (χ1n) is 4.99. The number of hydrogen-bond acceptors (Lipinski definition) is 5. The van der Waals surface area contributed by atoms with Crippen LogP contribution in [0.4, 0.5) is 14.5 Å². The van der Waals surface area contributed by atoms with Gasteiger partial charge in [0.15, 0.2) is 6.29 Å². The zero-order valence-corrected chi connectivity index (χ0v) is 9.66. The SMILES string of the molecule is O=Cc1ccc(OC(F)F)c(/C=C/C(=O)O)c1[N+](=O)[O-]. The number of aldehydes is 1. The molecule has 0 aliphatic heterocycles. The monoisotopic (exact) mass is 287 g/mol. The van der Waals surface area contributed by atoms with Crippen molar-refractivity contribution in [3.8, 4) is 5.75 Å². The Kier molecular flexibility index (Phi) is 4.84. The number of ether oxygens (including phenoxy) is 1. The summed E-state index contributed by atoms with van der Waals surface area (Å²) in [5.74, 6) is -2.05. The summed E-state index contributed by atoms with van der Waals surface area (Å²) in [4.78, 5) is 31.1. The zero-order valence-electron chi connectivity index (χ0n) is 9.66. The van der Waals surface area contributed by atoms with E-state index in [0.29, 0.717) is 12.2 Å². The summed E-state index contributed by atoms with van der Waals surface area (Å²) in [6.45, 7) is -3.26. The summed E-state index contributed by atoms with van der Waals surface area (Å²) in [5.41, 5.74) is -1.72. The van der Waals surface area contributed by atoms with E-state index in [2.05, 4.69) is 4.74 Å². The summed E-state index contributed by atoms with van der Waals surface area (Å²) in [6.07, 6.45) is 1.38. The Hall–Kier alpha value is -2.84. The Bertz CT molecular complexity index is 585. The Morgan fingerprint density at radius 2 is 2.10 bits per heavy atom. The van der Waals surface area contributed by atoms with Crippen LogP contribution in [0.25, 0.3) is 6.08 Å². The molecule has 7 nitrogen and oxygen atoms in total. The molecule has 0 saturated heterocycles. The number of benzene rings is 1. The maximum atomic E-state index is 12.2. The van der Waals surface area contributed by atoms with Crippen molar-refractivity contribution in [3.05, 3.63) is 39.4 Å². The van der Waals surface area contributed by atoms with E-state index in [1.54, 1.807) is 0 Å². The van der Waals surface area contributed by atoms with Crippen LogP contribution in [0.3, 0.4) is 0 Å². The minimum absolute atomic E-state index is 0.155. The highest BCUT2D eigenvalue weighted by Crippen LogP contribution is 2.33. The van der Waals surface area contributed by atoms with Crippen LogP contribution in [-0.4, -0.2) is 28.9 Å². The van der Waals surface area contributed by atoms with Gasteiger partial charge in [0, 0.05) is 6.08 Å². The molecule has 0 aromatic heterocycles. The molecular formula is C11H7F2NO6. The lowest BCUT2D eigenvalue weighted by atomic mass is 10.1. The highest BCUT2D eigenvalue weighted by molar-refractivity contribution is 5.91. The molecular weight excluding hydrogens is 280 g/mol. The third-order valence-corrected chi connectivity index (χ3v) is 2.13. The third-order valence-electron chi connectivity index (χ3n) is 2.13. The van der Waals surface area contributed by atoms with Crippen LogP contribution in [0.2, 0.25) is 0 Å². The van der Waals surface area contributed by atoms with E-state index >= 15 is 0 Å². The molecule has 0 fully saturated rings.